The van der Waals surface area contributed by atoms with Crippen LogP contribution in [0.2, 0.25) is 0 Å². The van der Waals surface area contributed by atoms with Crippen molar-refractivity contribution in [1.82, 2.24) is 0 Å². The van der Waals surface area contributed by atoms with E-state index in [0.717, 1.165) is 5.33 Å². The number of hydrogen-bond acceptors (Lipinski definition) is 1. The highest BCUT2D eigenvalue weighted by atomic mass is 79.9. The van der Waals surface area contributed by atoms with Crippen molar-refractivity contribution in [2.24, 2.45) is 0 Å². The van der Waals surface area contributed by atoms with E-state index in [1.165, 1.54) is 13.8 Å². The first-order chi connectivity index (χ1) is 3.15. The number of hydrogen-bond donors (Lipinski definition) is 0. The number of alkyl halides is 1. The van der Waals surface area contributed by atoms with E-state index in [1.54, 1.807) is 0 Å². The third-order valence-corrected chi connectivity index (χ3v) is 0. The molecule has 7 heavy (non-hydrogen) atoms. The zero-order valence-electron chi connectivity index (χ0n) is 4.99. The molecule has 0 aliphatic rings. The molecule has 0 aromatic heterocycles. The second-order valence-corrected chi connectivity index (χ2v) is 2.30. The summed E-state index contributed by atoms with van der Waals surface area (Å²) in [7, 11) is 0. The molecule has 0 aromatic rings. The van der Waals surface area contributed by atoms with E-state index in [1.807, 2.05) is 6.92 Å². The van der Waals surface area contributed by atoms with Gasteiger partial charge in [-0.05, 0) is 13.8 Å². The lowest BCUT2D eigenvalue weighted by Crippen LogP contribution is -1.69. The Labute approximate surface area is 53.2 Å². The number of ketones is 1. The molecule has 44 valence electrons. The van der Waals surface area contributed by atoms with Crippen LogP contribution in [0, 0.1) is 0 Å². The Morgan fingerprint density at radius 3 is 1.57 bits per heavy atom. The average molecular weight is 167 g/mol. The summed E-state index contributed by atoms with van der Waals surface area (Å²) in [5, 5.41) is 1.06. The van der Waals surface area contributed by atoms with Gasteiger partial charge in [0.2, 0.25) is 0 Å². The van der Waals surface area contributed by atoms with Gasteiger partial charge in [-0.2, -0.15) is 0 Å². The zero-order chi connectivity index (χ0) is 6.28. The van der Waals surface area contributed by atoms with Crippen LogP contribution in [-0.2, 0) is 4.79 Å². The van der Waals surface area contributed by atoms with Gasteiger partial charge in [0.05, 0.1) is 0 Å². The molecule has 0 atom stereocenters. The highest BCUT2D eigenvalue weighted by Crippen LogP contribution is 1.67. The van der Waals surface area contributed by atoms with Crippen molar-refractivity contribution in [3.8, 4) is 0 Å². The van der Waals surface area contributed by atoms with Crippen LogP contribution < -0.4 is 0 Å². The first-order valence-corrected chi connectivity index (χ1v) is 3.30. The predicted molar refractivity (Wildman–Crippen MR) is 35.8 cm³/mol. The molecule has 0 aliphatic carbocycles. The Morgan fingerprint density at radius 1 is 1.57 bits per heavy atom. The SMILES string of the molecule is CC(C)=O.CCBr. The van der Waals surface area contributed by atoms with E-state index >= 15 is 0 Å². The maximum atomic E-state index is 9.44. The largest absolute Gasteiger partial charge is 0.300 e. The Bertz CT molecular complexity index is 39.3. The van der Waals surface area contributed by atoms with E-state index in [0.29, 0.717) is 0 Å². The van der Waals surface area contributed by atoms with Gasteiger partial charge in [-0.3, -0.25) is 0 Å². The lowest BCUT2D eigenvalue weighted by Gasteiger charge is -1.56. The summed E-state index contributed by atoms with van der Waals surface area (Å²) in [4.78, 5) is 9.44. The molecular weight excluding hydrogens is 156 g/mol. The molecule has 0 spiro atoms. The molecule has 0 aliphatic heterocycles. The first-order valence-electron chi connectivity index (χ1n) is 2.18. The molecule has 0 aromatic carbocycles. The summed E-state index contributed by atoms with van der Waals surface area (Å²) in [5.41, 5.74) is 0. The van der Waals surface area contributed by atoms with Crippen LogP contribution >= 0.6 is 15.9 Å². The molecule has 0 fully saturated rings. The Kier molecular flexibility index (Phi) is 13.8. The van der Waals surface area contributed by atoms with Crippen LogP contribution in [0.25, 0.3) is 0 Å². The quantitative estimate of drug-likeness (QED) is 0.504. The number of carbonyl (C=O) groups is 1. The van der Waals surface area contributed by atoms with Gasteiger partial charge in [0, 0.05) is 5.33 Å². The van der Waals surface area contributed by atoms with Crippen molar-refractivity contribution in [2.45, 2.75) is 20.8 Å². The molecule has 0 saturated heterocycles. The summed E-state index contributed by atoms with van der Waals surface area (Å²) in [5.74, 6) is 0.167. The van der Waals surface area contributed by atoms with Crippen molar-refractivity contribution >= 4 is 21.7 Å². The highest BCUT2D eigenvalue weighted by molar-refractivity contribution is 9.09. The lowest BCUT2D eigenvalue weighted by molar-refractivity contribution is -0.114. The fraction of sp³-hybridized carbons (Fsp3) is 0.800. The molecule has 0 amide bonds. The van der Waals surface area contributed by atoms with Crippen molar-refractivity contribution in [3.63, 3.8) is 0 Å². The number of Topliss-reactive ketones (excluding diaryl/α,β-unsaturated/α-hetero) is 1. The van der Waals surface area contributed by atoms with E-state index in [-0.39, 0.29) is 5.78 Å². The molecule has 2 heteroatoms. The zero-order valence-corrected chi connectivity index (χ0v) is 6.58. The van der Waals surface area contributed by atoms with Crippen molar-refractivity contribution in [1.29, 1.82) is 0 Å². The second-order valence-electron chi connectivity index (χ2n) is 1.18. The number of halogens is 1. The number of carbonyl (C=O) groups excluding carboxylic acids is 1. The van der Waals surface area contributed by atoms with Crippen LogP contribution in [0.15, 0.2) is 0 Å². The Balaban J connectivity index is 0. The smallest absolute Gasteiger partial charge is 0.126 e. The van der Waals surface area contributed by atoms with Gasteiger partial charge in [-0.15, -0.1) is 0 Å². The molecule has 0 N–H and O–H groups in total. The number of rotatable bonds is 0. The highest BCUT2D eigenvalue weighted by Gasteiger charge is 1.62. The van der Waals surface area contributed by atoms with Crippen LogP contribution in [0.1, 0.15) is 20.8 Å². The van der Waals surface area contributed by atoms with E-state index in [9.17, 15) is 4.79 Å². The van der Waals surface area contributed by atoms with E-state index in [2.05, 4.69) is 15.9 Å². The van der Waals surface area contributed by atoms with Gasteiger partial charge in [0.25, 0.3) is 0 Å². The lowest BCUT2D eigenvalue weighted by atomic mass is 10.6. The topological polar surface area (TPSA) is 17.1 Å². The normalized spacial score (nSPS) is 6.29. The second kappa shape index (κ2) is 9.47. The minimum absolute atomic E-state index is 0.167. The first kappa shape index (κ1) is 10.2. The minimum Gasteiger partial charge on any atom is -0.300 e. The van der Waals surface area contributed by atoms with E-state index < -0.39 is 0 Å². The van der Waals surface area contributed by atoms with Crippen molar-refractivity contribution in [3.05, 3.63) is 0 Å². The van der Waals surface area contributed by atoms with Gasteiger partial charge in [0.15, 0.2) is 0 Å². The van der Waals surface area contributed by atoms with E-state index in [4.69, 9.17) is 0 Å². The van der Waals surface area contributed by atoms with Gasteiger partial charge in [-0.25, -0.2) is 0 Å². The standard InChI is InChI=1S/C3H6O.C2H5Br/c1-3(2)4;1-2-3/h1-2H3;2H2,1H3. The maximum Gasteiger partial charge on any atom is 0.126 e. The van der Waals surface area contributed by atoms with Crippen LogP contribution in [0.4, 0.5) is 0 Å². The predicted octanol–water partition coefficient (Wildman–Crippen LogP) is 2.00. The van der Waals surface area contributed by atoms with Crippen molar-refractivity contribution < 1.29 is 4.79 Å². The molecule has 0 bridgehead atoms. The summed E-state index contributed by atoms with van der Waals surface area (Å²) < 4.78 is 0. The summed E-state index contributed by atoms with van der Waals surface area (Å²) in [6.45, 7) is 5.10. The Morgan fingerprint density at radius 2 is 1.57 bits per heavy atom. The van der Waals surface area contributed by atoms with Crippen molar-refractivity contribution in [2.75, 3.05) is 5.33 Å². The Hall–Kier alpha value is 0.150. The molecule has 0 saturated carbocycles. The molecular formula is C5H11BrO. The summed E-state index contributed by atoms with van der Waals surface area (Å²) in [6, 6.07) is 0. The van der Waals surface area contributed by atoms with Gasteiger partial charge < -0.3 is 4.79 Å². The van der Waals surface area contributed by atoms with Gasteiger partial charge in [-0.1, -0.05) is 22.9 Å². The molecule has 1 nitrogen and oxygen atoms in total. The molecule has 0 heterocycles. The van der Waals surface area contributed by atoms with Crippen LogP contribution in [-0.4, -0.2) is 11.1 Å². The average Bonchev–Trinajstić information content (AvgIpc) is 1.33. The van der Waals surface area contributed by atoms with Crippen LogP contribution in [0.5, 0.6) is 0 Å². The van der Waals surface area contributed by atoms with Gasteiger partial charge in [0.1, 0.15) is 5.78 Å². The molecule has 0 unspecified atom stereocenters. The summed E-state index contributed by atoms with van der Waals surface area (Å²) >= 11 is 3.15. The third kappa shape index (κ3) is 4710. The van der Waals surface area contributed by atoms with Gasteiger partial charge >= 0.3 is 0 Å². The fourth-order valence-corrected chi connectivity index (χ4v) is 0. The van der Waals surface area contributed by atoms with Crippen LogP contribution in [0.3, 0.4) is 0 Å². The third-order valence-electron chi connectivity index (χ3n) is 0. The fourth-order valence-electron chi connectivity index (χ4n) is 0. The monoisotopic (exact) mass is 166 g/mol. The molecule has 0 radical (unpaired) electrons. The molecule has 0 rings (SSSR count). The minimum atomic E-state index is 0.167. The summed E-state index contributed by atoms with van der Waals surface area (Å²) in [6.07, 6.45) is 0. The maximum absolute atomic E-state index is 9.44.